The number of carbonyl (C=O) groups is 1. The molecule has 22 heavy (non-hydrogen) atoms. The first-order valence-electron chi connectivity index (χ1n) is 8.07. The summed E-state index contributed by atoms with van der Waals surface area (Å²) in [5, 5.41) is 3.25. The van der Waals surface area contributed by atoms with Crippen molar-refractivity contribution in [3.8, 4) is 11.5 Å². The Bertz CT molecular complexity index is 485. The molecule has 1 heterocycles. The fourth-order valence-electron chi connectivity index (χ4n) is 2.51. The second-order valence-electron chi connectivity index (χ2n) is 5.46. The van der Waals surface area contributed by atoms with Crippen molar-refractivity contribution in [2.24, 2.45) is 0 Å². The summed E-state index contributed by atoms with van der Waals surface area (Å²) >= 11 is 0. The first kappa shape index (κ1) is 16.6. The van der Waals surface area contributed by atoms with Gasteiger partial charge in [0.15, 0.2) is 11.5 Å². The highest BCUT2D eigenvalue weighted by atomic mass is 16.5. The van der Waals surface area contributed by atoms with Gasteiger partial charge in [-0.05, 0) is 24.6 Å². The first-order chi connectivity index (χ1) is 10.8. The van der Waals surface area contributed by atoms with Crippen LogP contribution in [-0.2, 0) is 0 Å². The molecule has 1 aromatic rings. The van der Waals surface area contributed by atoms with Crippen molar-refractivity contribution in [1.29, 1.82) is 0 Å². The summed E-state index contributed by atoms with van der Waals surface area (Å²) in [6, 6.07) is 5.42. The fraction of sp³-hybridized carbons (Fsp3) is 0.588. The predicted octanol–water partition coefficient (Wildman–Crippen LogP) is 2.31. The molecule has 1 aliphatic rings. The number of rotatable bonds is 7. The predicted molar refractivity (Wildman–Crippen MR) is 86.8 cm³/mol. The van der Waals surface area contributed by atoms with Crippen LogP contribution in [0.25, 0.3) is 0 Å². The van der Waals surface area contributed by atoms with Crippen LogP contribution in [0.3, 0.4) is 0 Å². The van der Waals surface area contributed by atoms with E-state index in [0.29, 0.717) is 23.7 Å². The molecule has 2 rings (SSSR count). The standard InChI is InChI=1S/C17H26N2O3/c1-3-4-5-12-22-16-13-14(6-7-15(16)21-2)17(20)19-10-8-18-9-11-19/h6-7,13,18H,3-5,8-12H2,1-2H3. The van der Waals surface area contributed by atoms with Crippen LogP contribution in [0.2, 0.25) is 0 Å². The Hall–Kier alpha value is -1.75. The van der Waals surface area contributed by atoms with Crippen molar-refractivity contribution >= 4 is 5.91 Å². The SMILES string of the molecule is CCCCCOc1cc(C(=O)N2CCNCC2)ccc1OC. The molecule has 0 aromatic heterocycles. The molecule has 5 heteroatoms. The van der Waals surface area contributed by atoms with Crippen LogP contribution in [0.4, 0.5) is 0 Å². The number of methoxy groups -OCH3 is 1. The molecule has 0 radical (unpaired) electrons. The normalized spacial score (nSPS) is 14.7. The van der Waals surface area contributed by atoms with Gasteiger partial charge >= 0.3 is 0 Å². The van der Waals surface area contributed by atoms with E-state index in [2.05, 4.69) is 12.2 Å². The number of hydrogen-bond donors (Lipinski definition) is 1. The van der Waals surface area contributed by atoms with Gasteiger partial charge in [-0.1, -0.05) is 19.8 Å². The van der Waals surface area contributed by atoms with Gasteiger partial charge in [0.25, 0.3) is 5.91 Å². The molecule has 0 atom stereocenters. The summed E-state index contributed by atoms with van der Waals surface area (Å²) < 4.78 is 11.1. The summed E-state index contributed by atoms with van der Waals surface area (Å²) in [6.45, 7) is 6.00. The Labute approximate surface area is 132 Å². The molecular formula is C17H26N2O3. The highest BCUT2D eigenvalue weighted by Crippen LogP contribution is 2.29. The van der Waals surface area contributed by atoms with Crippen LogP contribution in [0, 0.1) is 0 Å². The topological polar surface area (TPSA) is 50.8 Å². The van der Waals surface area contributed by atoms with Crippen LogP contribution >= 0.6 is 0 Å². The second kappa shape index (κ2) is 8.63. The van der Waals surface area contributed by atoms with Crippen LogP contribution in [0.1, 0.15) is 36.5 Å². The van der Waals surface area contributed by atoms with E-state index in [0.717, 1.165) is 45.4 Å². The minimum absolute atomic E-state index is 0.0579. The molecule has 1 fully saturated rings. The molecule has 0 unspecified atom stereocenters. The maximum absolute atomic E-state index is 12.5. The van der Waals surface area contributed by atoms with E-state index in [-0.39, 0.29) is 5.91 Å². The van der Waals surface area contributed by atoms with Gasteiger partial charge in [-0.15, -0.1) is 0 Å². The molecule has 0 bridgehead atoms. The highest BCUT2D eigenvalue weighted by Gasteiger charge is 2.19. The summed E-state index contributed by atoms with van der Waals surface area (Å²) in [5.41, 5.74) is 0.660. The Morgan fingerprint density at radius 2 is 2.00 bits per heavy atom. The van der Waals surface area contributed by atoms with E-state index in [1.54, 1.807) is 13.2 Å². The molecule has 1 N–H and O–H groups in total. The number of unbranched alkanes of at least 4 members (excludes halogenated alkanes) is 2. The van der Waals surface area contributed by atoms with E-state index < -0.39 is 0 Å². The van der Waals surface area contributed by atoms with Crippen LogP contribution in [-0.4, -0.2) is 50.7 Å². The van der Waals surface area contributed by atoms with Gasteiger partial charge in [-0.3, -0.25) is 4.79 Å². The first-order valence-corrected chi connectivity index (χ1v) is 8.07. The molecule has 1 aliphatic heterocycles. The van der Waals surface area contributed by atoms with Gasteiger partial charge in [-0.2, -0.15) is 0 Å². The minimum Gasteiger partial charge on any atom is -0.493 e. The lowest BCUT2D eigenvalue weighted by Crippen LogP contribution is -2.46. The Kier molecular flexibility index (Phi) is 6.52. The third-order valence-electron chi connectivity index (χ3n) is 3.82. The molecule has 0 saturated carbocycles. The average Bonchev–Trinajstić information content (AvgIpc) is 2.58. The molecule has 1 saturated heterocycles. The zero-order chi connectivity index (χ0) is 15.8. The van der Waals surface area contributed by atoms with Gasteiger partial charge in [0.2, 0.25) is 0 Å². The van der Waals surface area contributed by atoms with E-state index in [1.807, 2.05) is 17.0 Å². The van der Waals surface area contributed by atoms with Crippen LogP contribution in [0.15, 0.2) is 18.2 Å². The van der Waals surface area contributed by atoms with Crippen molar-refractivity contribution in [2.45, 2.75) is 26.2 Å². The Morgan fingerprint density at radius 1 is 1.23 bits per heavy atom. The summed E-state index contributed by atoms with van der Waals surface area (Å²) in [7, 11) is 1.62. The second-order valence-corrected chi connectivity index (χ2v) is 5.46. The van der Waals surface area contributed by atoms with E-state index >= 15 is 0 Å². The summed E-state index contributed by atoms with van der Waals surface area (Å²) in [6.07, 6.45) is 3.30. The van der Waals surface area contributed by atoms with E-state index in [1.165, 1.54) is 0 Å². The van der Waals surface area contributed by atoms with E-state index in [4.69, 9.17) is 9.47 Å². The molecule has 5 nitrogen and oxygen atoms in total. The average molecular weight is 306 g/mol. The lowest BCUT2D eigenvalue weighted by molar-refractivity contribution is 0.0735. The molecule has 122 valence electrons. The Balaban J connectivity index is 2.06. The quantitative estimate of drug-likeness (QED) is 0.786. The van der Waals surface area contributed by atoms with Crippen molar-refractivity contribution in [1.82, 2.24) is 10.2 Å². The zero-order valence-corrected chi connectivity index (χ0v) is 13.6. The number of ether oxygens (including phenoxy) is 2. The fourth-order valence-corrected chi connectivity index (χ4v) is 2.51. The smallest absolute Gasteiger partial charge is 0.254 e. The Morgan fingerprint density at radius 3 is 2.68 bits per heavy atom. The maximum Gasteiger partial charge on any atom is 0.254 e. The largest absolute Gasteiger partial charge is 0.493 e. The third kappa shape index (κ3) is 4.37. The summed E-state index contributed by atoms with van der Waals surface area (Å²) in [5.74, 6) is 1.38. The number of nitrogens with one attached hydrogen (secondary N) is 1. The molecule has 0 spiro atoms. The summed E-state index contributed by atoms with van der Waals surface area (Å²) in [4.78, 5) is 14.4. The van der Waals surface area contributed by atoms with Crippen molar-refractivity contribution in [3.05, 3.63) is 23.8 Å². The van der Waals surface area contributed by atoms with Crippen molar-refractivity contribution < 1.29 is 14.3 Å². The third-order valence-corrected chi connectivity index (χ3v) is 3.82. The number of benzene rings is 1. The molecular weight excluding hydrogens is 280 g/mol. The molecule has 1 aromatic carbocycles. The van der Waals surface area contributed by atoms with Gasteiger partial charge < -0.3 is 19.7 Å². The van der Waals surface area contributed by atoms with Crippen molar-refractivity contribution in [2.75, 3.05) is 39.9 Å². The van der Waals surface area contributed by atoms with Crippen LogP contribution < -0.4 is 14.8 Å². The van der Waals surface area contributed by atoms with Gasteiger partial charge in [0.05, 0.1) is 13.7 Å². The monoisotopic (exact) mass is 306 g/mol. The lowest BCUT2D eigenvalue weighted by Gasteiger charge is -2.27. The number of piperazine rings is 1. The van der Waals surface area contributed by atoms with Gasteiger partial charge in [0.1, 0.15) is 0 Å². The number of amides is 1. The molecule has 0 aliphatic carbocycles. The van der Waals surface area contributed by atoms with Crippen molar-refractivity contribution in [3.63, 3.8) is 0 Å². The van der Waals surface area contributed by atoms with Crippen LogP contribution in [0.5, 0.6) is 11.5 Å². The maximum atomic E-state index is 12.5. The molecule has 1 amide bonds. The lowest BCUT2D eigenvalue weighted by atomic mass is 10.1. The minimum atomic E-state index is 0.0579. The van der Waals surface area contributed by atoms with E-state index in [9.17, 15) is 4.79 Å². The highest BCUT2D eigenvalue weighted by molar-refractivity contribution is 5.95. The van der Waals surface area contributed by atoms with Gasteiger partial charge in [-0.25, -0.2) is 0 Å². The number of nitrogens with zero attached hydrogens (tertiary/aromatic N) is 1. The zero-order valence-electron chi connectivity index (χ0n) is 13.6. The van der Waals surface area contributed by atoms with Gasteiger partial charge in [0, 0.05) is 31.7 Å². The number of hydrogen-bond acceptors (Lipinski definition) is 4. The number of carbonyl (C=O) groups excluding carboxylic acids is 1.